The van der Waals surface area contributed by atoms with E-state index in [-0.39, 0.29) is 5.69 Å². The highest BCUT2D eigenvalue weighted by Gasteiger charge is 2.17. The van der Waals surface area contributed by atoms with Crippen molar-refractivity contribution < 1.29 is 4.74 Å². The Bertz CT molecular complexity index is 552. The van der Waals surface area contributed by atoms with Crippen LogP contribution in [0.15, 0.2) is 41.5 Å². The molecule has 1 aliphatic rings. The average molecular weight is 231 g/mol. The first-order chi connectivity index (χ1) is 8.33. The Morgan fingerprint density at radius 2 is 2.06 bits per heavy atom. The van der Waals surface area contributed by atoms with Gasteiger partial charge in [0.05, 0.1) is 24.9 Å². The molecule has 1 aromatic carbocycles. The molecule has 0 atom stereocenters. The van der Waals surface area contributed by atoms with Gasteiger partial charge in [-0.2, -0.15) is 0 Å². The molecule has 2 N–H and O–H groups in total. The number of nitrogens with zero attached hydrogens (tertiary/aromatic N) is 1. The molecule has 1 aromatic heterocycles. The van der Waals surface area contributed by atoms with Gasteiger partial charge in [-0.15, -0.1) is 0 Å². The maximum Gasteiger partial charge on any atom is 0.330 e. The SMILES string of the molecule is O=c1[nH]ccn1-c1ccc(NC2COC2)cc1. The molecule has 0 unspecified atom stereocenters. The summed E-state index contributed by atoms with van der Waals surface area (Å²) in [6, 6.07) is 8.17. The van der Waals surface area contributed by atoms with Crippen LogP contribution in [-0.2, 0) is 4.74 Å². The average Bonchev–Trinajstić information content (AvgIpc) is 2.71. The summed E-state index contributed by atoms with van der Waals surface area (Å²) in [6.45, 7) is 1.53. The first-order valence-corrected chi connectivity index (χ1v) is 5.54. The van der Waals surface area contributed by atoms with Crippen LogP contribution in [0.3, 0.4) is 0 Å². The topological polar surface area (TPSA) is 59.0 Å². The zero-order valence-electron chi connectivity index (χ0n) is 9.22. The molecule has 0 aliphatic carbocycles. The van der Waals surface area contributed by atoms with Gasteiger partial charge in [0.2, 0.25) is 0 Å². The summed E-state index contributed by atoms with van der Waals surface area (Å²) >= 11 is 0. The van der Waals surface area contributed by atoms with Crippen molar-refractivity contribution in [3.8, 4) is 5.69 Å². The molecule has 17 heavy (non-hydrogen) atoms. The van der Waals surface area contributed by atoms with Crippen LogP contribution in [0.4, 0.5) is 5.69 Å². The molecule has 3 rings (SSSR count). The normalized spacial score (nSPS) is 15.5. The van der Waals surface area contributed by atoms with E-state index in [1.54, 1.807) is 17.0 Å². The van der Waals surface area contributed by atoms with Crippen LogP contribution in [0.2, 0.25) is 0 Å². The molecule has 1 saturated heterocycles. The van der Waals surface area contributed by atoms with Crippen molar-refractivity contribution in [1.29, 1.82) is 0 Å². The van der Waals surface area contributed by atoms with Gasteiger partial charge < -0.3 is 15.0 Å². The standard InChI is InChI=1S/C12H13N3O2/c16-12-13-5-6-15(12)11-3-1-9(2-4-11)14-10-7-17-8-10/h1-6,10,14H,7-8H2,(H,13,16). The van der Waals surface area contributed by atoms with E-state index >= 15 is 0 Å². The number of rotatable bonds is 3. The summed E-state index contributed by atoms with van der Waals surface area (Å²) in [5, 5.41) is 3.35. The fraction of sp³-hybridized carbons (Fsp3) is 0.250. The molecule has 0 amide bonds. The van der Waals surface area contributed by atoms with Crippen molar-refractivity contribution in [2.24, 2.45) is 0 Å². The first kappa shape index (κ1) is 10.2. The molecule has 1 fully saturated rings. The molecule has 1 aliphatic heterocycles. The van der Waals surface area contributed by atoms with Crippen molar-refractivity contribution in [3.05, 3.63) is 47.1 Å². The van der Waals surface area contributed by atoms with E-state index in [9.17, 15) is 4.79 Å². The van der Waals surface area contributed by atoms with Gasteiger partial charge in [-0.1, -0.05) is 0 Å². The molecular formula is C12H13N3O2. The molecule has 0 radical (unpaired) electrons. The lowest BCUT2D eigenvalue weighted by molar-refractivity contribution is 0.0211. The summed E-state index contributed by atoms with van der Waals surface area (Å²) in [5.74, 6) is 0. The third-order valence-corrected chi connectivity index (χ3v) is 2.80. The zero-order chi connectivity index (χ0) is 11.7. The van der Waals surface area contributed by atoms with E-state index < -0.39 is 0 Å². The summed E-state index contributed by atoms with van der Waals surface area (Å²) < 4.78 is 6.66. The molecule has 0 spiro atoms. The van der Waals surface area contributed by atoms with E-state index in [4.69, 9.17) is 4.74 Å². The lowest BCUT2D eigenvalue weighted by Gasteiger charge is -2.27. The summed E-state index contributed by atoms with van der Waals surface area (Å²) in [4.78, 5) is 14.0. The number of hydrogen-bond acceptors (Lipinski definition) is 3. The van der Waals surface area contributed by atoms with Crippen molar-refractivity contribution in [1.82, 2.24) is 9.55 Å². The number of ether oxygens (including phenoxy) is 1. The van der Waals surface area contributed by atoms with Gasteiger partial charge in [0.25, 0.3) is 0 Å². The number of aromatic amines is 1. The van der Waals surface area contributed by atoms with E-state index in [0.29, 0.717) is 6.04 Å². The predicted molar refractivity (Wildman–Crippen MR) is 64.6 cm³/mol. The molecule has 0 bridgehead atoms. The van der Waals surface area contributed by atoms with Crippen LogP contribution in [0, 0.1) is 0 Å². The van der Waals surface area contributed by atoms with Crippen LogP contribution in [-0.4, -0.2) is 28.8 Å². The Hall–Kier alpha value is -2.01. The molecule has 2 heterocycles. The van der Waals surface area contributed by atoms with Crippen LogP contribution >= 0.6 is 0 Å². The molecule has 0 saturated carbocycles. The van der Waals surface area contributed by atoms with E-state index in [2.05, 4.69) is 10.3 Å². The second kappa shape index (κ2) is 4.10. The van der Waals surface area contributed by atoms with Crippen molar-refractivity contribution in [3.63, 3.8) is 0 Å². The van der Waals surface area contributed by atoms with E-state index in [1.807, 2.05) is 24.3 Å². The number of imidazole rings is 1. The van der Waals surface area contributed by atoms with Gasteiger partial charge >= 0.3 is 5.69 Å². The maximum atomic E-state index is 11.4. The predicted octanol–water partition coefficient (Wildman–Crippen LogP) is 0.976. The highest BCUT2D eigenvalue weighted by atomic mass is 16.5. The monoisotopic (exact) mass is 231 g/mol. The summed E-state index contributed by atoms with van der Waals surface area (Å²) in [7, 11) is 0. The lowest BCUT2D eigenvalue weighted by atomic mass is 10.2. The van der Waals surface area contributed by atoms with Crippen molar-refractivity contribution in [2.45, 2.75) is 6.04 Å². The van der Waals surface area contributed by atoms with Crippen LogP contribution in [0.1, 0.15) is 0 Å². The van der Waals surface area contributed by atoms with Gasteiger partial charge in [-0.25, -0.2) is 4.79 Å². The third-order valence-electron chi connectivity index (χ3n) is 2.80. The molecule has 88 valence electrons. The Morgan fingerprint density at radius 1 is 1.29 bits per heavy atom. The fourth-order valence-electron chi connectivity index (χ4n) is 1.80. The van der Waals surface area contributed by atoms with Crippen molar-refractivity contribution in [2.75, 3.05) is 18.5 Å². The minimum atomic E-state index is -0.127. The highest BCUT2D eigenvalue weighted by molar-refractivity contribution is 5.49. The van der Waals surface area contributed by atoms with Crippen LogP contribution in [0.25, 0.3) is 5.69 Å². The Kier molecular flexibility index (Phi) is 2.45. The molecule has 2 aromatic rings. The second-order valence-electron chi connectivity index (χ2n) is 4.06. The Labute approximate surface area is 98.0 Å². The number of hydrogen-bond donors (Lipinski definition) is 2. The number of benzene rings is 1. The summed E-state index contributed by atoms with van der Waals surface area (Å²) in [6.07, 6.45) is 3.34. The Morgan fingerprint density at radius 3 is 2.59 bits per heavy atom. The van der Waals surface area contributed by atoms with Gasteiger partial charge in [0, 0.05) is 18.1 Å². The van der Waals surface area contributed by atoms with Gasteiger partial charge in [-0.3, -0.25) is 4.57 Å². The largest absolute Gasteiger partial charge is 0.378 e. The van der Waals surface area contributed by atoms with Gasteiger partial charge in [0.15, 0.2) is 0 Å². The van der Waals surface area contributed by atoms with Gasteiger partial charge in [0.1, 0.15) is 0 Å². The van der Waals surface area contributed by atoms with Gasteiger partial charge in [-0.05, 0) is 24.3 Å². The molecular weight excluding hydrogens is 218 g/mol. The number of anilines is 1. The zero-order valence-corrected chi connectivity index (χ0v) is 9.22. The van der Waals surface area contributed by atoms with Crippen LogP contribution in [0.5, 0.6) is 0 Å². The minimum Gasteiger partial charge on any atom is -0.378 e. The number of H-pyrrole nitrogens is 1. The minimum absolute atomic E-state index is 0.127. The van der Waals surface area contributed by atoms with Crippen LogP contribution < -0.4 is 11.0 Å². The molecule has 5 heteroatoms. The lowest BCUT2D eigenvalue weighted by Crippen LogP contribution is -2.40. The number of aromatic nitrogens is 2. The maximum absolute atomic E-state index is 11.4. The first-order valence-electron chi connectivity index (χ1n) is 5.54. The second-order valence-corrected chi connectivity index (χ2v) is 4.06. The van der Waals surface area contributed by atoms with E-state index in [1.165, 1.54) is 0 Å². The number of nitrogens with one attached hydrogen (secondary N) is 2. The summed E-state index contributed by atoms with van der Waals surface area (Å²) in [5.41, 5.74) is 1.77. The quantitative estimate of drug-likeness (QED) is 0.827. The smallest absolute Gasteiger partial charge is 0.330 e. The van der Waals surface area contributed by atoms with Crippen molar-refractivity contribution >= 4 is 5.69 Å². The third kappa shape index (κ3) is 1.97. The fourth-order valence-corrected chi connectivity index (χ4v) is 1.80. The highest BCUT2D eigenvalue weighted by Crippen LogP contribution is 2.15. The molecule has 5 nitrogen and oxygen atoms in total. The Balaban J connectivity index is 1.80. The van der Waals surface area contributed by atoms with E-state index in [0.717, 1.165) is 24.6 Å².